The summed E-state index contributed by atoms with van der Waals surface area (Å²) in [6.07, 6.45) is 4.74. The average molecular weight is 384 g/mol. The van der Waals surface area contributed by atoms with Gasteiger partial charge in [-0.15, -0.1) is 0 Å². The molecule has 2 aromatic rings. The van der Waals surface area contributed by atoms with Crippen molar-refractivity contribution >= 4 is 46.6 Å². The van der Waals surface area contributed by atoms with Gasteiger partial charge < -0.3 is 15.1 Å². The lowest BCUT2D eigenvalue weighted by molar-refractivity contribution is -0.117. The van der Waals surface area contributed by atoms with Gasteiger partial charge in [-0.25, -0.2) is 0 Å². The molecule has 2 aromatic carbocycles. The fourth-order valence-electron chi connectivity index (χ4n) is 3.03. The van der Waals surface area contributed by atoms with Crippen molar-refractivity contribution in [2.45, 2.75) is 12.8 Å². The van der Waals surface area contributed by atoms with Crippen LogP contribution >= 0.6 is 11.6 Å². The molecule has 0 aromatic heterocycles. The molecule has 27 heavy (non-hydrogen) atoms. The molecule has 1 aliphatic rings. The topological polar surface area (TPSA) is 52.7 Å². The molecular formula is C21H22ClN3O2. The zero-order valence-corrected chi connectivity index (χ0v) is 16.2. The van der Waals surface area contributed by atoms with Crippen LogP contribution in [0.25, 0.3) is 6.08 Å². The summed E-state index contributed by atoms with van der Waals surface area (Å²) in [5, 5.41) is 3.42. The van der Waals surface area contributed by atoms with Gasteiger partial charge in [0.1, 0.15) is 0 Å². The van der Waals surface area contributed by atoms with Crippen molar-refractivity contribution in [2.24, 2.45) is 0 Å². The molecule has 0 saturated carbocycles. The van der Waals surface area contributed by atoms with Crippen LogP contribution in [0.1, 0.15) is 18.4 Å². The molecule has 1 N–H and O–H groups in total. The highest BCUT2D eigenvalue weighted by atomic mass is 35.5. The molecule has 0 bridgehead atoms. The van der Waals surface area contributed by atoms with E-state index >= 15 is 0 Å². The van der Waals surface area contributed by atoms with E-state index < -0.39 is 0 Å². The number of rotatable bonds is 5. The number of hydrogen-bond donors (Lipinski definition) is 1. The predicted molar refractivity (Wildman–Crippen MR) is 111 cm³/mol. The Morgan fingerprint density at radius 2 is 1.93 bits per heavy atom. The Bertz CT molecular complexity index is 875. The minimum Gasteiger partial charge on any atom is -0.376 e. The van der Waals surface area contributed by atoms with E-state index in [1.54, 1.807) is 23.1 Å². The number of carbonyl (C=O) groups is 2. The molecule has 5 nitrogen and oxygen atoms in total. The van der Waals surface area contributed by atoms with Gasteiger partial charge in [-0.3, -0.25) is 9.59 Å². The van der Waals surface area contributed by atoms with Crippen LogP contribution in [0.2, 0.25) is 5.02 Å². The minimum absolute atomic E-state index is 0.163. The number of anilines is 3. The minimum atomic E-state index is -0.237. The Kier molecular flexibility index (Phi) is 5.81. The van der Waals surface area contributed by atoms with Crippen molar-refractivity contribution in [3.8, 4) is 0 Å². The van der Waals surface area contributed by atoms with Crippen molar-refractivity contribution in [1.29, 1.82) is 0 Å². The van der Waals surface area contributed by atoms with Gasteiger partial charge >= 0.3 is 0 Å². The van der Waals surface area contributed by atoms with E-state index in [0.29, 0.717) is 17.1 Å². The van der Waals surface area contributed by atoms with Crippen LogP contribution in [-0.4, -0.2) is 32.5 Å². The molecule has 0 atom stereocenters. The molecule has 1 aliphatic heterocycles. The number of hydrogen-bond acceptors (Lipinski definition) is 3. The van der Waals surface area contributed by atoms with Crippen LogP contribution in [0.4, 0.5) is 17.1 Å². The Hall–Kier alpha value is -2.79. The summed E-state index contributed by atoms with van der Waals surface area (Å²) in [7, 11) is 3.81. The monoisotopic (exact) mass is 383 g/mol. The number of nitrogens with zero attached hydrogens (tertiary/aromatic N) is 2. The van der Waals surface area contributed by atoms with E-state index in [4.69, 9.17) is 11.6 Å². The maximum atomic E-state index is 12.3. The third-order valence-electron chi connectivity index (χ3n) is 4.40. The van der Waals surface area contributed by atoms with Crippen LogP contribution < -0.4 is 15.1 Å². The highest BCUT2D eigenvalue weighted by Crippen LogP contribution is 2.28. The fraction of sp³-hybridized carbons (Fsp3) is 0.238. The number of benzene rings is 2. The molecule has 3 rings (SSSR count). The van der Waals surface area contributed by atoms with Gasteiger partial charge in [0.15, 0.2) is 0 Å². The van der Waals surface area contributed by atoms with Gasteiger partial charge in [-0.05, 0) is 48.4 Å². The second kappa shape index (κ2) is 8.27. The summed E-state index contributed by atoms with van der Waals surface area (Å²) in [6, 6.07) is 13.0. The largest absolute Gasteiger partial charge is 0.376 e. The van der Waals surface area contributed by atoms with Crippen molar-refractivity contribution in [2.75, 3.05) is 35.8 Å². The molecule has 1 fully saturated rings. The van der Waals surface area contributed by atoms with E-state index in [-0.39, 0.29) is 11.8 Å². The standard InChI is InChI=1S/C21H22ClN3O2/c1-24(2)19-11-8-16(22)14-18(19)23-20(26)12-7-15-5-9-17(10-6-15)25-13-3-4-21(25)27/h5-12,14H,3-4,13H2,1-2H3,(H,23,26)/b12-7+. The lowest BCUT2D eigenvalue weighted by atomic mass is 10.2. The first-order chi connectivity index (χ1) is 12.9. The highest BCUT2D eigenvalue weighted by Gasteiger charge is 2.21. The van der Waals surface area contributed by atoms with E-state index in [1.807, 2.05) is 49.3 Å². The van der Waals surface area contributed by atoms with Crippen molar-refractivity contribution in [1.82, 2.24) is 0 Å². The van der Waals surface area contributed by atoms with Crippen LogP contribution in [0.15, 0.2) is 48.5 Å². The number of amides is 2. The second-order valence-electron chi connectivity index (χ2n) is 6.62. The normalized spacial score (nSPS) is 14.0. The zero-order chi connectivity index (χ0) is 19.4. The molecule has 1 saturated heterocycles. The van der Waals surface area contributed by atoms with Gasteiger partial charge in [-0.1, -0.05) is 23.7 Å². The van der Waals surface area contributed by atoms with Crippen molar-refractivity contribution in [3.63, 3.8) is 0 Å². The smallest absolute Gasteiger partial charge is 0.248 e. The Morgan fingerprint density at radius 1 is 1.19 bits per heavy atom. The number of nitrogens with one attached hydrogen (secondary N) is 1. The predicted octanol–water partition coefficient (Wildman–Crippen LogP) is 4.18. The van der Waals surface area contributed by atoms with Crippen LogP contribution in [0.5, 0.6) is 0 Å². The third kappa shape index (κ3) is 4.68. The Morgan fingerprint density at radius 3 is 2.56 bits per heavy atom. The number of carbonyl (C=O) groups excluding carboxylic acids is 2. The SMILES string of the molecule is CN(C)c1ccc(Cl)cc1NC(=O)/C=C/c1ccc(N2CCCC2=O)cc1. The molecule has 0 unspecified atom stereocenters. The van der Waals surface area contributed by atoms with E-state index in [0.717, 1.165) is 29.9 Å². The highest BCUT2D eigenvalue weighted by molar-refractivity contribution is 6.31. The van der Waals surface area contributed by atoms with Gasteiger partial charge in [0.05, 0.1) is 11.4 Å². The summed E-state index contributed by atoms with van der Waals surface area (Å²) < 4.78 is 0. The maximum absolute atomic E-state index is 12.3. The second-order valence-corrected chi connectivity index (χ2v) is 7.06. The summed E-state index contributed by atoms with van der Waals surface area (Å²) in [5.41, 5.74) is 3.32. The first-order valence-electron chi connectivity index (χ1n) is 8.80. The first kappa shape index (κ1) is 19.0. The first-order valence-corrected chi connectivity index (χ1v) is 9.18. The lowest BCUT2D eigenvalue weighted by Crippen LogP contribution is -2.23. The quantitative estimate of drug-likeness (QED) is 0.788. The molecule has 2 amide bonds. The summed E-state index contributed by atoms with van der Waals surface area (Å²) in [5.74, 6) is -0.0740. The van der Waals surface area contributed by atoms with Crippen LogP contribution in [-0.2, 0) is 9.59 Å². The fourth-order valence-corrected chi connectivity index (χ4v) is 3.20. The summed E-state index contributed by atoms with van der Waals surface area (Å²) in [4.78, 5) is 27.8. The van der Waals surface area contributed by atoms with Crippen molar-refractivity contribution < 1.29 is 9.59 Å². The maximum Gasteiger partial charge on any atom is 0.248 e. The van der Waals surface area contributed by atoms with Gasteiger partial charge in [0.2, 0.25) is 11.8 Å². The third-order valence-corrected chi connectivity index (χ3v) is 4.64. The molecule has 0 aliphatic carbocycles. The molecule has 0 spiro atoms. The van der Waals surface area contributed by atoms with Crippen LogP contribution in [0, 0.1) is 0 Å². The van der Waals surface area contributed by atoms with E-state index in [2.05, 4.69) is 5.32 Å². The number of halogens is 1. The van der Waals surface area contributed by atoms with Gasteiger partial charge in [0.25, 0.3) is 0 Å². The summed E-state index contributed by atoms with van der Waals surface area (Å²) in [6.45, 7) is 0.768. The van der Waals surface area contributed by atoms with Crippen LogP contribution in [0.3, 0.4) is 0 Å². The zero-order valence-electron chi connectivity index (χ0n) is 15.4. The molecular weight excluding hydrogens is 362 g/mol. The summed E-state index contributed by atoms with van der Waals surface area (Å²) >= 11 is 6.04. The molecule has 6 heteroatoms. The van der Waals surface area contributed by atoms with E-state index in [9.17, 15) is 9.59 Å². The van der Waals surface area contributed by atoms with Gasteiger partial charge in [-0.2, -0.15) is 0 Å². The average Bonchev–Trinajstić information content (AvgIpc) is 3.06. The molecule has 0 radical (unpaired) electrons. The molecule has 1 heterocycles. The Balaban J connectivity index is 1.67. The Labute approximate surface area is 164 Å². The molecule has 140 valence electrons. The van der Waals surface area contributed by atoms with E-state index in [1.165, 1.54) is 6.08 Å². The lowest BCUT2D eigenvalue weighted by Gasteiger charge is -2.17. The van der Waals surface area contributed by atoms with Gasteiger partial charge in [0, 0.05) is 43.8 Å². The van der Waals surface area contributed by atoms with Crippen molar-refractivity contribution in [3.05, 3.63) is 59.1 Å².